The molecule has 0 atom stereocenters. The van der Waals surface area contributed by atoms with Crippen molar-refractivity contribution in [1.29, 1.82) is 0 Å². The molecular formula is C26H24N4O4. The average molecular weight is 457 g/mol. The fourth-order valence-electron chi connectivity index (χ4n) is 3.62. The molecular weight excluding hydrogens is 432 g/mol. The van der Waals surface area contributed by atoms with Gasteiger partial charge >= 0.3 is 0 Å². The van der Waals surface area contributed by atoms with Gasteiger partial charge in [0.15, 0.2) is 5.82 Å². The number of nitro groups is 1. The highest BCUT2D eigenvalue weighted by Gasteiger charge is 2.14. The van der Waals surface area contributed by atoms with E-state index in [1.807, 2.05) is 25.1 Å². The lowest BCUT2D eigenvalue weighted by molar-refractivity contribution is -0.384. The summed E-state index contributed by atoms with van der Waals surface area (Å²) in [7, 11) is 0. The van der Waals surface area contributed by atoms with Crippen LogP contribution in [0.5, 0.6) is 5.75 Å². The molecule has 8 heteroatoms. The summed E-state index contributed by atoms with van der Waals surface area (Å²) in [6.45, 7) is 6.24. The zero-order valence-corrected chi connectivity index (χ0v) is 19.1. The van der Waals surface area contributed by atoms with Crippen LogP contribution in [0.15, 0.2) is 76.6 Å². The number of para-hydroxylation sites is 1. The third-order valence-corrected chi connectivity index (χ3v) is 5.37. The standard InChI is InChI=1S/C26H24N4O4/c1-17(2)22-13-18(3)11-12-24(22)34-16-25-28-23-10-5-4-9-21(23)26(31)29(25)27-15-19-7-6-8-20(14-19)30(32)33/h4-15,17H,16H2,1-3H3. The predicted octanol–water partition coefficient (Wildman–Crippen LogP) is 5.20. The maximum absolute atomic E-state index is 13.2. The lowest BCUT2D eigenvalue weighted by atomic mass is 10.00. The van der Waals surface area contributed by atoms with Crippen molar-refractivity contribution in [3.63, 3.8) is 0 Å². The number of aryl methyl sites for hydroxylation is 1. The highest BCUT2D eigenvalue weighted by atomic mass is 16.6. The fraction of sp³-hybridized carbons (Fsp3) is 0.192. The molecule has 1 aromatic heterocycles. The number of non-ortho nitro benzene ring substituents is 1. The molecule has 0 spiro atoms. The number of nitrogens with zero attached hydrogens (tertiary/aromatic N) is 4. The predicted molar refractivity (Wildman–Crippen MR) is 132 cm³/mol. The summed E-state index contributed by atoms with van der Waals surface area (Å²) in [6.07, 6.45) is 1.40. The molecule has 4 aromatic rings. The number of hydrogen-bond acceptors (Lipinski definition) is 6. The first-order valence-corrected chi connectivity index (χ1v) is 10.9. The Labute approximate surface area is 196 Å². The average Bonchev–Trinajstić information content (AvgIpc) is 2.83. The van der Waals surface area contributed by atoms with Gasteiger partial charge in [-0.2, -0.15) is 9.78 Å². The molecule has 0 aliphatic rings. The van der Waals surface area contributed by atoms with Gasteiger partial charge < -0.3 is 4.74 Å². The van der Waals surface area contributed by atoms with Crippen molar-refractivity contribution >= 4 is 22.8 Å². The smallest absolute Gasteiger partial charge is 0.282 e. The van der Waals surface area contributed by atoms with Gasteiger partial charge in [-0.05, 0) is 36.6 Å². The Bertz CT molecular complexity index is 1460. The van der Waals surface area contributed by atoms with Gasteiger partial charge in [0, 0.05) is 17.7 Å². The summed E-state index contributed by atoms with van der Waals surface area (Å²) in [6, 6.07) is 19.0. The Morgan fingerprint density at radius 1 is 1.12 bits per heavy atom. The van der Waals surface area contributed by atoms with E-state index in [-0.39, 0.29) is 23.8 Å². The largest absolute Gasteiger partial charge is 0.485 e. The van der Waals surface area contributed by atoms with Crippen molar-refractivity contribution in [3.8, 4) is 5.75 Å². The van der Waals surface area contributed by atoms with Gasteiger partial charge in [0.2, 0.25) is 0 Å². The Morgan fingerprint density at radius 2 is 1.91 bits per heavy atom. The zero-order chi connectivity index (χ0) is 24.2. The summed E-state index contributed by atoms with van der Waals surface area (Å²) < 4.78 is 7.29. The number of fused-ring (bicyclic) bond motifs is 1. The maximum atomic E-state index is 13.2. The number of ether oxygens (including phenoxy) is 1. The molecule has 0 aliphatic carbocycles. The van der Waals surface area contributed by atoms with E-state index in [0.29, 0.717) is 22.3 Å². The topological polar surface area (TPSA) is 99.6 Å². The Kier molecular flexibility index (Phi) is 6.49. The molecule has 4 rings (SSSR count). The Morgan fingerprint density at radius 3 is 2.68 bits per heavy atom. The fourth-order valence-corrected chi connectivity index (χ4v) is 3.62. The lowest BCUT2D eigenvalue weighted by Gasteiger charge is -2.16. The van der Waals surface area contributed by atoms with Crippen molar-refractivity contribution in [2.24, 2.45) is 5.10 Å². The molecule has 0 aliphatic heterocycles. The highest BCUT2D eigenvalue weighted by Crippen LogP contribution is 2.28. The third kappa shape index (κ3) is 4.85. The molecule has 0 radical (unpaired) electrons. The van der Waals surface area contributed by atoms with Crippen LogP contribution in [0.3, 0.4) is 0 Å². The number of benzene rings is 3. The maximum Gasteiger partial charge on any atom is 0.282 e. The number of rotatable bonds is 7. The van der Waals surface area contributed by atoms with E-state index in [2.05, 4.69) is 30.0 Å². The van der Waals surface area contributed by atoms with E-state index in [4.69, 9.17) is 4.74 Å². The molecule has 34 heavy (non-hydrogen) atoms. The molecule has 0 saturated carbocycles. The monoisotopic (exact) mass is 456 g/mol. The highest BCUT2D eigenvalue weighted by molar-refractivity contribution is 5.81. The van der Waals surface area contributed by atoms with E-state index in [1.165, 1.54) is 23.0 Å². The van der Waals surface area contributed by atoms with E-state index < -0.39 is 4.92 Å². The van der Waals surface area contributed by atoms with E-state index in [9.17, 15) is 14.9 Å². The number of hydrogen-bond donors (Lipinski definition) is 0. The van der Waals surface area contributed by atoms with Gasteiger partial charge in [-0.15, -0.1) is 0 Å². The number of aromatic nitrogens is 2. The van der Waals surface area contributed by atoms with Crippen molar-refractivity contribution in [2.75, 3.05) is 0 Å². The summed E-state index contributed by atoms with van der Waals surface area (Å²) in [5, 5.41) is 15.8. The SMILES string of the molecule is Cc1ccc(OCc2nc3ccccc3c(=O)n2N=Cc2cccc([N+](=O)[O-])c2)c(C(C)C)c1. The molecule has 0 saturated heterocycles. The molecule has 8 nitrogen and oxygen atoms in total. The van der Waals surface area contributed by atoms with E-state index in [1.54, 1.807) is 30.3 Å². The van der Waals surface area contributed by atoms with Crippen LogP contribution >= 0.6 is 0 Å². The van der Waals surface area contributed by atoms with Gasteiger partial charge in [0.05, 0.1) is 22.0 Å². The number of nitro benzene ring substituents is 1. The van der Waals surface area contributed by atoms with Gasteiger partial charge in [0.25, 0.3) is 11.2 Å². The van der Waals surface area contributed by atoms with Gasteiger partial charge in [0.1, 0.15) is 12.4 Å². The first-order valence-electron chi connectivity index (χ1n) is 10.9. The van der Waals surface area contributed by atoms with Crippen LogP contribution < -0.4 is 10.3 Å². The van der Waals surface area contributed by atoms with Crippen LogP contribution in [0.1, 0.15) is 42.3 Å². The van der Waals surface area contributed by atoms with Gasteiger partial charge in [-0.1, -0.05) is 55.8 Å². The third-order valence-electron chi connectivity index (χ3n) is 5.37. The summed E-state index contributed by atoms with van der Waals surface area (Å²) in [5.41, 5.74) is 2.83. The van der Waals surface area contributed by atoms with Crippen molar-refractivity contribution < 1.29 is 9.66 Å². The molecule has 0 amide bonds. The van der Waals surface area contributed by atoms with E-state index >= 15 is 0 Å². The molecule has 0 fully saturated rings. The normalized spacial score (nSPS) is 11.4. The lowest BCUT2D eigenvalue weighted by Crippen LogP contribution is -2.23. The summed E-state index contributed by atoms with van der Waals surface area (Å²) in [5.74, 6) is 1.30. The minimum atomic E-state index is -0.478. The first kappa shape index (κ1) is 22.8. The molecule has 0 N–H and O–H groups in total. The second-order valence-electron chi connectivity index (χ2n) is 8.24. The minimum Gasteiger partial charge on any atom is -0.485 e. The van der Waals surface area contributed by atoms with Gasteiger partial charge in [-0.25, -0.2) is 4.98 Å². The van der Waals surface area contributed by atoms with E-state index in [0.717, 1.165) is 16.9 Å². The molecule has 3 aromatic carbocycles. The zero-order valence-electron chi connectivity index (χ0n) is 19.1. The molecule has 0 unspecified atom stereocenters. The van der Waals surface area contributed by atoms with Crippen molar-refractivity contribution in [2.45, 2.75) is 33.3 Å². The van der Waals surface area contributed by atoms with Crippen LogP contribution in [0, 0.1) is 17.0 Å². The minimum absolute atomic E-state index is 0.0229. The molecule has 0 bridgehead atoms. The van der Waals surface area contributed by atoms with Crippen LogP contribution in [0.2, 0.25) is 0 Å². The second kappa shape index (κ2) is 9.66. The van der Waals surface area contributed by atoms with Crippen LogP contribution in [0.4, 0.5) is 5.69 Å². The Balaban J connectivity index is 1.75. The quantitative estimate of drug-likeness (QED) is 0.216. The van der Waals surface area contributed by atoms with Crippen molar-refractivity contribution in [1.82, 2.24) is 9.66 Å². The Hall–Kier alpha value is -4.33. The van der Waals surface area contributed by atoms with Crippen LogP contribution in [0.25, 0.3) is 10.9 Å². The molecule has 172 valence electrons. The summed E-state index contributed by atoms with van der Waals surface area (Å²) in [4.78, 5) is 28.4. The second-order valence-corrected chi connectivity index (χ2v) is 8.24. The van der Waals surface area contributed by atoms with Gasteiger partial charge in [-0.3, -0.25) is 14.9 Å². The first-order chi connectivity index (χ1) is 16.3. The molecule has 1 heterocycles. The van der Waals surface area contributed by atoms with Crippen molar-refractivity contribution in [3.05, 3.63) is 110 Å². The summed E-state index contributed by atoms with van der Waals surface area (Å²) >= 11 is 0. The van der Waals surface area contributed by atoms with Crippen LogP contribution in [-0.4, -0.2) is 20.8 Å². The van der Waals surface area contributed by atoms with Crippen LogP contribution in [-0.2, 0) is 6.61 Å².